The normalized spacial score (nSPS) is 21.3. The number of aliphatic hydroxyl groups is 1. The summed E-state index contributed by atoms with van der Waals surface area (Å²) in [5.41, 5.74) is 2.10. The van der Waals surface area contributed by atoms with Crippen LogP contribution in [0, 0.1) is 5.82 Å². The highest BCUT2D eigenvalue weighted by molar-refractivity contribution is 9.10. The molecule has 8 nitrogen and oxygen atoms in total. The number of hydrogen-bond acceptors (Lipinski definition) is 5. The van der Waals surface area contributed by atoms with E-state index in [4.69, 9.17) is 4.98 Å². The zero-order chi connectivity index (χ0) is 21.5. The zero-order valence-corrected chi connectivity index (χ0v) is 18.3. The average molecular weight is 489 g/mol. The van der Waals surface area contributed by atoms with Crippen molar-refractivity contribution in [1.29, 1.82) is 0 Å². The highest BCUT2D eigenvalue weighted by Gasteiger charge is 2.29. The Morgan fingerprint density at radius 3 is 2.90 bits per heavy atom. The lowest BCUT2D eigenvalue weighted by molar-refractivity contribution is 0.176. The fourth-order valence-electron chi connectivity index (χ4n) is 4.34. The highest BCUT2D eigenvalue weighted by Crippen LogP contribution is 2.37. The number of halogens is 2. The number of nitrogens with zero attached hydrogens (tertiary/aromatic N) is 5. The van der Waals surface area contributed by atoms with Crippen LogP contribution in [0.4, 0.5) is 20.7 Å². The molecule has 0 unspecified atom stereocenters. The van der Waals surface area contributed by atoms with E-state index in [2.05, 4.69) is 31.2 Å². The summed E-state index contributed by atoms with van der Waals surface area (Å²) in [5, 5.41) is 16.8. The van der Waals surface area contributed by atoms with Crippen LogP contribution in [0.25, 0.3) is 5.65 Å². The summed E-state index contributed by atoms with van der Waals surface area (Å²) in [6, 6.07) is 6.85. The molecular formula is C21H22BrFN6O2. The molecule has 0 bridgehead atoms. The Labute approximate surface area is 186 Å². The molecule has 5 rings (SSSR count). The van der Waals surface area contributed by atoms with Crippen molar-refractivity contribution in [3.05, 3.63) is 52.5 Å². The first-order valence-electron chi connectivity index (χ1n) is 10.3. The Morgan fingerprint density at radius 1 is 1.26 bits per heavy atom. The average Bonchev–Trinajstić information content (AvgIpc) is 3.50. The molecule has 2 saturated heterocycles. The lowest BCUT2D eigenvalue weighted by Crippen LogP contribution is -2.33. The first-order valence-corrected chi connectivity index (χ1v) is 11.1. The van der Waals surface area contributed by atoms with Gasteiger partial charge in [-0.2, -0.15) is 5.10 Å². The van der Waals surface area contributed by atoms with Crippen LogP contribution in [-0.2, 0) is 0 Å². The lowest BCUT2D eigenvalue weighted by Gasteiger charge is -2.26. The van der Waals surface area contributed by atoms with Gasteiger partial charge >= 0.3 is 6.03 Å². The van der Waals surface area contributed by atoms with Crippen molar-refractivity contribution in [2.45, 2.75) is 31.4 Å². The van der Waals surface area contributed by atoms with E-state index in [9.17, 15) is 14.3 Å². The number of aromatic nitrogens is 3. The summed E-state index contributed by atoms with van der Waals surface area (Å²) >= 11 is 3.28. The van der Waals surface area contributed by atoms with E-state index in [-0.39, 0.29) is 17.9 Å². The molecule has 10 heteroatoms. The molecule has 2 atom stereocenters. The quantitative estimate of drug-likeness (QED) is 0.588. The van der Waals surface area contributed by atoms with Crippen LogP contribution in [0.5, 0.6) is 0 Å². The smallest absolute Gasteiger partial charge is 0.322 e. The van der Waals surface area contributed by atoms with Gasteiger partial charge in [0.1, 0.15) is 17.3 Å². The maximum absolute atomic E-state index is 13.7. The van der Waals surface area contributed by atoms with Gasteiger partial charge in [-0.15, -0.1) is 0 Å². The third kappa shape index (κ3) is 3.85. The van der Waals surface area contributed by atoms with Gasteiger partial charge in [0, 0.05) is 25.8 Å². The largest absolute Gasteiger partial charge is 0.391 e. The van der Waals surface area contributed by atoms with Crippen molar-refractivity contribution in [3.8, 4) is 0 Å². The second-order valence-corrected chi connectivity index (χ2v) is 8.81. The zero-order valence-electron chi connectivity index (χ0n) is 16.7. The predicted molar refractivity (Wildman–Crippen MR) is 118 cm³/mol. The van der Waals surface area contributed by atoms with Crippen LogP contribution in [0.2, 0.25) is 0 Å². The molecule has 2 fully saturated rings. The second-order valence-electron chi connectivity index (χ2n) is 7.96. The molecule has 0 saturated carbocycles. The Morgan fingerprint density at radius 2 is 2.13 bits per heavy atom. The Hall–Kier alpha value is -2.72. The number of β-amino-alcohol motifs (C(OH)–C–C–N with tert-alkyl or cyclic N) is 1. The maximum atomic E-state index is 13.7. The van der Waals surface area contributed by atoms with E-state index in [1.54, 1.807) is 15.6 Å². The van der Waals surface area contributed by atoms with Gasteiger partial charge in [0.2, 0.25) is 0 Å². The van der Waals surface area contributed by atoms with Gasteiger partial charge in [-0.05, 0) is 59.0 Å². The first-order chi connectivity index (χ1) is 15.0. The van der Waals surface area contributed by atoms with Crippen molar-refractivity contribution < 1.29 is 14.3 Å². The van der Waals surface area contributed by atoms with Crippen molar-refractivity contribution in [2.24, 2.45) is 0 Å². The summed E-state index contributed by atoms with van der Waals surface area (Å²) < 4.78 is 15.8. The molecular weight excluding hydrogens is 467 g/mol. The summed E-state index contributed by atoms with van der Waals surface area (Å²) in [6.07, 6.45) is 5.47. The SMILES string of the molecule is O=C(Nc1cnn2ccc(N3CCC[C@@H]3c3ccc(F)c(Br)c3)nc12)N1CC[C@H](O)C1. The number of amides is 2. The number of benzene rings is 1. The molecule has 2 aliphatic heterocycles. The number of anilines is 2. The van der Waals surface area contributed by atoms with Crippen molar-refractivity contribution in [3.63, 3.8) is 0 Å². The number of likely N-dealkylation sites (tertiary alicyclic amines) is 1. The number of nitrogens with one attached hydrogen (secondary N) is 1. The van der Waals surface area contributed by atoms with Gasteiger partial charge in [-0.1, -0.05) is 6.07 Å². The number of fused-ring (bicyclic) bond motifs is 1. The van der Waals surface area contributed by atoms with Gasteiger partial charge in [0.15, 0.2) is 5.65 Å². The van der Waals surface area contributed by atoms with E-state index in [0.29, 0.717) is 35.3 Å². The van der Waals surface area contributed by atoms with Crippen LogP contribution in [0.1, 0.15) is 30.9 Å². The number of urea groups is 1. The van der Waals surface area contributed by atoms with E-state index < -0.39 is 6.10 Å². The van der Waals surface area contributed by atoms with Gasteiger partial charge < -0.3 is 20.2 Å². The van der Waals surface area contributed by atoms with Gasteiger partial charge in [-0.3, -0.25) is 0 Å². The van der Waals surface area contributed by atoms with Gasteiger partial charge in [-0.25, -0.2) is 18.7 Å². The minimum atomic E-state index is -0.474. The predicted octanol–water partition coefficient (Wildman–Crippen LogP) is 3.57. The number of carbonyl (C=O) groups excluding carboxylic acids is 1. The topological polar surface area (TPSA) is 86.0 Å². The van der Waals surface area contributed by atoms with Crippen molar-refractivity contribution in [1.82, 2.24) is 19.5 Å². The van der Waals surface area contributed by atoms with E-state index in [1.165, 1.54) is 6.07 Å². The maximum Gasteiger partial charge on any atom is 0.322 e. The molecule has 0 aliphatic carbocycles. The summed E-state index contributed by atoms with van der Waals surface area (Å²) in [4.78, 5) is 21.1. The molecule has 2 aromatic heterocycles. The molecule has 0 radical (unpaired) electrons. The molecule has 162 valence electrons. The molecule has 2 amide bonds. The van der Waals surface area contributed by atoms with E-state index in [0.717, 1.165) is 30.8 Å². The Balaban J connectivity index is 1.42. The van der Waals surface area contributed by atoms with Gasteiger partial charge in [0.05, 0.1) is 22.8 Å². The third-order valence-corrected chi connectivity index (χ3v) is 6.53. The Bertz CT molecular complexity index is 1140. The fraction of sp³-hybridized carbons (Fsp3) is 0.381. The molecule has 4 heterocycles. The van der Waals surface area contributed by atoms with Crippen LogP contribution in [0.3, 0.4) is 0 Å². The monoisotopic (exact) mass is 488 g/mol. The molecule has 31 heavy (non-hydrogen) atoms. The van der Waals surface area contributed by atoms with Crippen LogP contribution < -0.4 is 10.2 Å². The second kappa shape index (κ2) is 8.08. The minimum absolute atomic E-state index is 0.0962. The molecule has 2 N–H and O–H groups in total. The lowest BCUT2D eigenvalue weighted by atomic mass is 10.0. The summed E-state index contributed by atoms with van der Waals surface area (Å²) in [7, 11) is 0. The fourth-order valence-corrected chi connectivity index (χ4v) is 4.73. The Kier molecular flexibility index (Phi) is 5.27. The first kappa shape index (κ1) is 20.2. The van der Waals surface area contributed by atoms with Crippen LogP contribution in [-0.4, -0.2) is 56.4 Å². The number of carbonyl (C=O) groups is 1. The van der Waals surface area contributed by atoms with Gasteiger partial charge in [0.25, 0.3) is 0 Å². The third-order valence-electron chi connectivity index (χ3n) is 5.92. The van der Waals surface area contributed by atoms with Crippen molar-refractivity contribution in [2.75, 3.05) is 29.9 Å². The summed E-state index contributed by atoms with van der Waals surface area (Å²) in [6.45, 7) is 1.68. The minimum Gasteiger partial charge on any atom is -0.391 e. The molecule has 0 spiro atoms. The van der Waals surface area contributed by atoms with E-state index >= 15 is 0 Å². The number of aliphatic hydroxyl groups excluding tert-OH is 1. The van der Waals surface area contributed by atoms with E-state index in [1.807, 2.05) is 24.4 Å². The highest BCUT2D eigenvalue weighted by atomic mass is 79.9. The van der Waals surface area contributed by atoms with Crippen LogP contribution in [0.15, 0.2) is 41.1 Å². The standard InChI is InChI=1S/C21H22BrFN6O2/c22-15-10-13(3-4-16(15)23)18-2-1-7-28(18)19-6-9-29-20(26-19)17(11-24-29)25-21(31)27-8-5-14(30)12-27/h3-4,6,9-11,14,18,30H,1-2,5,7-8,12H2,(H,25,31)/t14-,18+/m0/s1. The number of rotatable bonds is 3. The van der Waals surface area contributed by atoms with Crippen LogP contribution >= 0.6 is 15.9 Å². The van der Waals surface area contributed by atoms with Crippen molar-refractivity contribution >= 4 is 39.1 Å². The molecule has 2 aliphatic rings. The molecule has 3 aromatic rings. The molecule has 1 aromatic carbocycles. The number of hydrogen-bond donors (Lipinski definition) is 2. The summed E-state index contributed by atoms with van der Waals surface area (Å²) in [5.74, 6) is 0.501.